The van der Waals surface area contributed by atoms with E-state index in [-0.39, 0.29) is 17.9 Å². The van der Waals surface area contributed by atoms with Crippen molar-refractivity contribution in [3.8, 4) is 0 Å². The van der Waals surface area contributed by atoms with Crippen LogP contribution in [0.15, 0.2) is 0 Å². The highest BCUT2D eigenvalue weighted by molar-refractivity contribution is 5.81. The highest BCUT2D eigenvalue weighted by Gasteiger charge is 2.15. The van der Waals surface area contributed by atoms with Gasteiger partial charge in [0.25, 0.3) is 0 Å². The summed E-state index contributed by atoms with van der Waals surface area (Å²) in [6.07, 6.45) is 1.47. The Labute approximate surface area is 121 Å². The highest BCUT2D eigenvalue weighted by Crippen LogP contribution is 1.96. The van der Waals surface area contributed by atoms with E-state index in [9.17, 15) is 9.59 Å². The summed E-state index contributed by atoms with van der Waals surface area (Å²) in [5, 5.41) is 11.7. The lowest BCUT2D eigenvalue weighted by Gasteiger charge is -2.16. The van der Waals surface area contributed by atoms with E-state index in [2.05, 4.69) is 21.3 Å². The first-order valence-electron chi connectivity index (χ1n) is 7.02. The molecule has 0 spiro atoms. The zero-order chi connectivity index (χ0) is 15.4. The molecule has 7 nitrogen and oxygen atoms in total. The summed E-state index contributed by atoms with van der Waals surface area (Å²) in [5.74, 6) is 0.0110. The second-order valence-electron chi connectivity index (χ2n) is 4.97. The van der Waals surface area contributed by atoms with Crippen LogP contribution < -0.4 is 21.3 Å². The molecule has 0 bridgehead atoms. The van der Waals surface area contributed by atoms with E-state index in [4.69, 9.17) is 0 Å². The fourth-order valence-corrected chi connectivity index (χ4v) is 1.72. The number of amides is 2. The Balaban J connectivity index is 3.78. The molecule has 0 aliphatic heterocycles. The number of hydrogen-bond acceptors (Lipinski definition) is 5. The van der Waals surface area contributed by atoms with Gasteiger partial charge in [0.1, 0.15) is 0 Å². The topological polar surface area (TPSA) is 85.5 Å². The van der Waals surface area contributed by atoms with Gasteiger partial charge in [-0.1, -0.05) is 0 Å². The molecule has 0 aromatic carbocycles. The summed E-state index contributed by atoms with van der Waals surface area (Å²) in [7, 11) is 7.32. The van der Waals surface area contributed by atoms with Crippen LogP contribution in [0.5, 0.6) is 0 Å². The molecule has 0 unspecified atom stereocenters. The monoisotopic (exact) mass is 287 g/mol. The number of carbonyl (C=O) groups excluding carboxylic acids is 2. The molecule has 0 rings (SSSR count). The molecule has 0 saturated heterocycles. The van der Waals surface area contributed by atoms with Gasteiger partial charge in [-0.2, -0.15) is 0 Å². The maximum Gasteiger partial charge on any atom is 0.237 e. The normalized spacial score (nSPS) is 12.2. The van der Waals surface area contributed by atoms with Gasteiger partial charge in [0, 0.05) is 19.6 Å². The fraction of sp³-hybridized carbons (Fsp3) is 0.846. The van der Waals surface area contributed by atoms with E-state index >= 15 is 0 Å². The minimum absolute atomic E-state index is 0.00219. The lowest BCUT2D eigenvalue weighted by Crippen LogP contribution is -2.44. The van der Waals surface area contributed by atoms with Crippen molar-refractivity contribution in [2.75, 3.05) is 54.4 Å². The van der Waals surface area contributed by atoms with Gasteiger partial charge >= 0.3 is 0 Å². The Bertz CT molecular complexity index is 284. The lowest BCUT2D eigenvalue weighted by molar-refractivity contribution is -0.123. The lowest BCUT2D eigenvalue weighted by atomic mass is 10.1. The Kier molecular flexibility index (Phi) is 10.9. The van der Waals surface area contributed by atoms with E-state index in [1.165, 1.54) is 0 Å². The summed E-state index contributed by atoms with van der Waals surface area (Å²) >= 11 is 0. The SMILES string of the molecule is CNCCNC(=O)[C@H](CCCNC(=O)CN(C)C)NC. The maximum atomic E-state index is 11.8. The summed E-state index contributed by atoms with van der Waals surface area (Å²) < 4.78 is 0. The summed E-state index contributed by atoms with van der Waals surface area (Å²) in [5.41, 5.74) is 0. The second-order valence-corrected chi connectivity index (χ2v) is 4.97. The minimum atomic E-state index is -0.211. The molecule has 0 aromatic rings. The van der Waals surface area contributed by atoms with Crippen molar-refractivity contribution in [1.29, 1.82) is 0 Å². The number of nitrogens with one attached hydrogen (secondary N) is 4. The third-order valence-electron chi connectivity index (χ3n) is 2.79. The number of nitrogens with zero attached hydrogens (tertiary/aromatic N) is 1. The molecule has 0 heterocycles. The highest BCUT2D eigenvalue weighted by atomic mass is 16.2. The zero-order valence-electron chi connectivity index (χ0n) is 13.1. The molecule has 20 heavy (non-hydrogen) atoms. The standard InChI is InChI=1S/C13H29N5O2/c1-14-8-9-17-13(20)11(15-2)6-5-7-16-12(19)10-18(3)4/h11,14-15H,5-10H2,1-4H3,(H,16,19)(H,17,20)/t11-/m0/s1. The molecule has 0 aliphatic rings. The van der Waals surface area contributed by atoms with Crippen LogP contribution in [0.2, 0.25) is 0 Å². The molecule has 0 aliphatic carbocycles. The number of hydrogen-bond donors (Lipinski definition) is 4. The Hall–Kier alpha value is -1.18. The van der Waals surface area contributed by atoms with Crippen molar-refractivity contribution >= 4 is 11.8 Å². The van der Waals surface area contributed by atoms with Gasteiger partial charge in [-0.05, 0) is 41.0 Å². The van der Waals surface area contributed by atoms with E-state index < -0.39 is 0 Å². The van der Waals surface area contributed by atoms with E-state index in [0.717, 1.165) is 13.0 Å². The van der Waals surface area contributed by atoms with Gasteiger partial charge in [0.2, 0.25) is 11.8 Å². The number of likely N-dealkylation sites (N-methyl/N-ethyl adjacent to an activating group) is 3. The third kappa shape index (κ3) is 9.71. The Morgan fingerprint density at radius 1 is 1.05 bits per heavy atom. The Morgan fingerprint density at radius 2 is 1.75 bits per heavy atom. The van der Waals surface area contributed by atoms with Crippen LogP contribution in [0.4, 0.5) is 0 Å². The van der Waals surface area contributed by atoms with E-state index in [1.54, 1.807) is 7.05 Å². The average molecular weight is 287 g/mol. The van der Waals surface area contributed by atoms with Gasteiger partial charge in [-0.25, -0.2) is 0 Å². The van der Waals surface area contributed by atoms with Crippen molar-refractivity contribution in [2.24, 2.45) is 0 Å². The summed E-state index contributed by atoms with van der Waals surface area (Å²) in [6.45, 7) is 2.35. The van der Waals surface area contributed by atoms with Crippen LogP contribution in [0.25, 0.3) is 0 Å². The summed E-state index contributed by atoms with van der Waals surface area (Å²) in [6, 6.07) is -0.211. The van der Waals surface area contributed by atoms with Gasteiger partial charge in [-0.15, -0.1) is 0 Å². The molecule has 1 atom stereocenters. The molecule has 2 amide bonds. The van der Waals surface area contributed by atoms with Crippen LogP contribution in [0, 0.1) is 0 Å². The van der Waals surface area contributed by atoms with Crippen LogP contribution in [-0.4, -0.2) is 77.1 Å². The molecule has 0 fully saturated rings. The van der Waals surface area contributed by atoms with Crippen LogP contribution in [0.3, 0.4) is 0 Å². The van der Waals surface area contributed by atoms with Crippen molar-refractivity contribution < 1.29 is 9.59 Å². The molecule has 118 valence electrons. The van der Waals surface area contributed by atoms with Gasteiger partial charge in [0.15, 0.2) is 0 Å². The smallest absolute Gasteiger partial charge is 0.237 e. The largest absolute Gasteiger partial charge is 0.355 e. The predicted molar refractivity (Wildman–Crippen MR) is 80.6 cm³/mol. The van der Waals surface area contributed by atoms with Crippen LogP contribution in [0.1, 0.15) is 12.8 Å². The molecular formula is C13H29N5O2. The Morgan fingerprint density at radius 3 is 2.30 bits per heavy atom. The van der Waals surface area contributed by atoms with Crippen LogP contribution in [-0.2, 0) is 9.59 Å². The molecule has 0 aromatic heterocycles. The van der Waals surface area contributed by atoms with Crippen molar-refractivity contribution in [2.45, 2.75) is 18.9 Å². The number of rotatable bonds is 11. The van der Waals surface area contributed by atoms with Crippen LogP contribution >= 0.6 is 0 Å². The van der Waals surface area contributed by atoms with Crippen molar-refractivity contribution in [1.82, 2.24) is 26.2 Å². The first kappa shape index (κ1) is 18.8. The van der Waals surface area contributed by atoms with E-state index in [1.807, 2.05) is 26.0 Å². The first-order valence-corrected chi connectivity index (χ1v) is 7.02. The average Bonchev–Trinajstić information content (AvgIpc) is 2.38. The van der Waals surface area contributed by atoms with Gasteiger partial charge in [-0.3, -0.25) is 9.59 Å². The first-order chi connectivity index (χ1) is 9.51. The predicted octanol–water partition coefficient (Wildman–Crippen LogP) is -1.63. The van der Waals surface area contributed by atoms with Crippen molar-refractivity contribution in [3.63, 3.8) is 0 Å². The molecule has 7 heteroatoms. The number of carbonyl (C=O) groups is 2. The molecule has 4 N–H and O–H groups in total. The van der Waals surface area contributed by atoms with Gasteiger partial charge < -0.3 is 26.2 Å². The van der Waals surface area contributed by atoms with E-state index in [0.29, 0.717) is 26.1 Å². The molecular weight excluding hydrogens is 258 g/mol. The fourth-order valence-electron chi connectivity index (χ4n) is 1.72. The van der Waals surface area contributed by atoms with Gasteiger partial charge in [0.05, 0.1) is 12.6 Å². The zero-order valence-corrected chi connectivity index (χ0v) is 13.1. The maximum absolute atomic E-state index is 11.8. The minimum Gasteiger partial charge on any atom is -0.355 e. The van der Waals surface area contributed by atoms with Crippen molar-refractivity contribution in [3.05, 3.63) is 0 Å². The second kappa shape index (κ2) is 11.6. The third-order valence-corrected chi connectivity index (χ3v) is 2.79. The molecule has 0 saturated carbocycles. The quantitative estimate of drug-likeness (QED) is 0.343. The molecule has 0 radical (unpaired) electrons. The summed E-state index contributed by atoms with van der Waals surface area (Å²) in [4.78, 5) is 25.1.